The summed E-state index contributed by atoms with van der Waals surface area (Å²) in [4.78, 5) is 54.1. The van der Waals surface area contributed by atoms with Crippen LogP contribution in [0.2, 0.25) is 0 Å². The van der Waals surface area contributed by atoms with Crippen LogP contribution in [0.1, 0.15) is 50.5 Å². The number of carboxylic acids is 1. The molecular formula is C25H37N5O5. The summed E-state index contributed by atoms with van der Waals surface area (Å²) in [6, 6.07) is 6.26. The molecule has 0 saturated carbocycles. The van der Waals surface area contributed by atoms with E-state index in [9.17, 15) is 24.3 Å². The zero-order valence-electron chi connectivity index (χ0n) is 20.1. The molecule has 0 aromatic heterocycles. The minimum atomic E-state index is -1.04. The first kappa shape index (κ1) is 26.6. The first-order valence-electron chi connectivity index (χ1n) is 12.5. The Balaban J connectivity index is 1.67. The van der Waals surface area contributed by atoms with Gasteiger partial charge in [-0.05, 0) is 63.5 Å². The normalized spacial score (nSPS) is 21.5. The Morgan fingerprint density at radius 3 is 2.23 bits per heavy atom. The van der Waals surface area contributed by atoms with Crippen molar-refractivity contribution in [3.63, 3.8) is 0 Å². The van der Waals surface area contributed by atoms with Gasteiger partial charge in [0.05, 0.1) is 6.04 Å². The Morgan fingerprint density at radius 2 is 1.60 bits per heavy atom. The highest BCUT2D eigenvalue weighted by atomic mass is 16.4. The molecule has 0 bridgehead atoms. The average molecular weight is 488 g/mol. The van der Waals surface area contributed by atoms with Crippen molar-refractivity contribution in [1.29, 1.82) is 0 Å². The average Bonchev–Trinajstić information content (AvgIpc) is 3.53. The van der Waals surface area contributed by atoms with Gasteiger partial charge in [-0.25, -0.2) is 4.79 Å². The van der Waals surface area contributed by atoms with Gasteiger partial charge in [0.25, 0.3) is 0 Å². The minimum absolute atomic E-state index is 0.289. The largest absolute Gasteiger partial charge is 0.480 e. The number of nitrogens with two attached hydrogens (primary N) is 2. The second-order valence-electron chi connectivity index (χ2n) is 9.36. The molecule has 192 valence electrons. The highest BCUT2D eigenvalue weighted by molar-refractivity contribution is 5.94. The lowest BCUT2D eigenvalue weighted by Crippen LogP contribution is -2.56. The van der Waals surface area contributed by atoms with Gasteiger partial charge in [-0.3, -0.25) is 14.4 Å². The molecule has 2 fully saturated rings. The molecule has 6 N–H and O–H groups in total. The Morgan fingerprint density at radius 1 is 0.971 bits per heavy atom. The number of carboxylic acid groups (broad SMARTS) is 1. The molecule has 10 heteroatoms. The summed E-state index contributed by atoms with van der Waals surface area (Å²) in [5.74, 6) is -2.12. The molecule has 1 aromatic rings. The van der Waals surface area contributed by atoms with Gasteiger partial charge >= 0.3 is 5.97 Å². The van der Waals surface area contributed by atoms with Crippen LogP contribution in [-0.2, 0) is 25.6 Å². The first-order valence-corrected chi connectivity index (χ1v) is 12.5. The molecule has 4 unspecified atom stereocenters. The van der Waals surface area contributed by atoms with E-state index in [4.69, 9.17) is 11.5 Å². The Kier molecular flexibility index (Phi) is 9.62. The van der Waals surface area contributed by atoms with E-state index < -0.39 is 42.0 Å². The number of rotatable bonds is 11. The number of nitrogens with one attached hydrogen (secondary N) is 1. The number of likely N-dealkylation sites (tertiary alicyclic amines) is 2. The van der Waals surface area contributed by atoms with Gasteiger partial charge in [-0.15, -0.1) is 0 Å². The number of nitrogens with zero attached hydrogens (tertiary/aromatic N) is 2. The summed E-state index contributed by atoms with van der Waals surface area (Å²) in [5, 5.41) is 12.3. The van der Waals surface area contributed by atoms with Gasteiger partial charge in [0.15, 0.2) is 0 Å². The molecule has 4 atom stereocenters. The van der Waals surface area contributed by atoms with Crippen molar-refractivity contribution in [2.45, 2.75) is 75.5 Å². The van der Waals surface area contributed by atoms with Crippen LogP contribution in [0.25, 0.3) is 0 Å². The van der Waals surface area contributed by atoms with E-state index in [0.29, 0.717) is 71.0 Å². The van der Waals surface area contributed by atoms with Gasteiger partial charge < -0.3 is 31.7 Å². The third kappa shape index (κ3) is 6.79. The zero-order valence-corrected chi connectivity index (χ0v) is 20.1. The van der Waals surface area contributed by atoms with Crippen molar-refractivity contribution in [3.8, 4) is 0 Å². The highest BCUT2D eigenvalue weighted by Gasteiger charge is 2.40. The van der Waals surface area contributed by atoms with Crippen LogP contribution in [0.5, 0.6) is 0 Å². The number of unbranched alkanes of at least 4 members (excludes halogenated alkanes) is 1. The number of hydrogen-bond donors (Lipinski definition) is 4. The number of carbonyl (C=O) groups is 4. The quantitative estimate of drug-likeness (QED) is 0.325. The monoisotopic (exact) mass is 487 g/mol. The number of hydrogen-bond acceptors (Lipinski definition) is 6. The van der Waals surface area contributed by atoms with Gasteiger partial charge in [-0.2, -0.15) is 0 Å². The summed E-state index contributed by atoms with van der Waals surface area (Å²) in [6.07, 6.45) is 4.19. The second-order valence-corrected chi connectivity index (χ2v) is 9.36. The predicted molar refractivity (Wildman–Crippen MR) is 130 cm³/mol. The van der Waals surface area contributed by atoms with Crippen molar-refractivity contribution < 1.29 is 24.3 Å². The summed E-state index contributed by atoms with van der Waals surface area (Å²) in [7, 11) is 0. The van der Waals surface area contributed by atoms with Crippen molar-refractivity contribution in [2.24, 2.45) is 11.5 Å². The summed E-state index contributed by atoms with van der Waals surface area (Å²) in [6.45, 7) is 1.24. The third-order valence-electron chi connectivity index (χ3n) is 6.84. The van der Waals surface area contributed by atoms with Crippen molar-refractivity contribution in [3.05, 3.63) is 35.9 Å². The third-order valence-corrected chi connectivity index (χ3v) is 6.84. The number of carbonyl (C=O) groups excluding carboxylic acids is 3. The van der Waals surface area contributed by atoms with Crippen LogP contribution in [0.3, 0.4) is 0 Å². The van der Waals surface area contributed by atoms with Crippen LogP contribution in [0, 0.1) is 0 Å². The molecule has 2 heterocycles. The molecule has 3 rings (SSSR count). The van der Waals surface area contributed by atoms with Crippen LogP contribution < -0.4 is 16.8 Å². The molecule has 2 aliphatic rings. The SMILES string of the molecule is NCCCCC(NC(=O)C1CCCN1C(=O)C(N)Cc1ccccc1)C(=O)N1CCCC1C(=O)O. The van der Waals surface area contributed by atoms with E-state index in [1.807, 2.05) is 30.3 Å². The molecule has 1 aromatic carbocycles. The highest BCUT2D eigenvalue weighted by Crippen LogP contribution is 2.22. The second kappa shape index (κ2) is 12.6. The fraction of sp³-hybridized carbons (Fsp3) is 0.600. The summed E-state index contributed by atoms with van der Waals surface area (Å²) >= 11 is 0. The number of benzene rings is 1. The van der Waals surface area contributed by atoms with Crippen LogP contribution >= 0.6 is 0 Å². The molecule has 2 aliphatic heterocycles. The standard InChI is InChI=1S/C25H37N5O5/c26-13-5-4-10-19(24(33)30-15-7-12-21(30)25(34)35)28-22(31)20-11-6-14-29(20)23(32)18(27)16-17-8-2-1-3-9-17/h1-3,8-9,18-21H,4-7,10-16,26-27H2,(H,28,31)(H,34,35). The Hall–Kier alpha value is -2.98. The van der Waals surface area contributed by atoms with E-state index in [2.05, 4.69) is 5.32 Å². The van der Waals surface area contributed by atoms with Gasteiger partial charge in [0.2, 0.25) is 17.7 Å². The smallest absolute Gasteiger partial charge is 0.326 e. The summed E-state index contributed by atoms with van der Waals surface area (Å²) in [5.41, 5.74) is 12.7. The molecule has 0 aliphatic carbocycles. The van der Waals surface area contributed by atoms with Crippen LogP contribution in [0.4, 0.5) is 0 Å². The molecule has 2 saturated heterocycles. The zero-order chi connectivity index (χ0) is 25.4. The maximum Gasteiger partial charge on any atom is 0.326 e. The molecular weight excluding hydrogens is 450 g/mol. The lowest BCUT2D eigenvalue weighted by Gasteiger charge is -2.30. The van der Waals surface area contributed by atoms with E-state index in [1.54, 1.807) is 0 Å². The summed E-state index contributed by atoms with van der Waals surface area (Å²) < 4.78 is 0. The van der Waals surface area contributed by atoms with E-state index >= 15 is 0 Å². The molecule has 0 spiro atoms. The topological polar surface area (TPSA) is 159 Å². The van der Waals surface area contributed by atoms with E-state index in [0.717, 1.165) is 5.56 Å². The first-order chi connectivity index (χ1) is 16.8. The van der Waals surface area contributed by atoms with E-state index in [-0.39, 0.29) is 5.91 Å². The maximum absolute atomic E-state index is 13.3. The van der Waals surface area contributed by atoms with Crippen LogP contribution in [-0.4, -0.2) is 82.4 Å². The van der Waals surface area contributed by atoms with Crippen molar-refractivity contribution in [1.82, 2.24) is 15.1 Å². The minimum Gasteiger partial charge on any atom is -0.480 e. The fourth-order valence-electron chi connectivity index (χ4n) is 4.98. The molecule has 3 amide bonds. The van der Waals surface area contributed by atoms with Gasteiger partial charge in [-0.1, -0.05) is 30.3 Å². The van der Waals surface area contributed by atoms with Gasteiger partial charge in [0, 0.05) is 13.1 Å². The van der Waals surface area contributed by atoms with Crippen LogP contribution in [0.15, 0.2) is 30.3 Å². The number of aliphatic carboxylic acids is 1. The van der Waals surface area contributed by atoms with E-state index in [1.165, 1.54) is 9.80 Å². The Bertz CT molecular complexity index is 895. The Labute approximate surface area is 206 Å². The molecule has 10 nitrogen and oxygen atoms in total. The lowest BCUT2D eigenvalue weighted by atomic mass is 10.0. The molecule has 0 radical (unpaired) electrons. The predicted octanol–water partition coefficient (Wildman–Crippen LogP) is 0.237. The van der Waals surface area contributed by atoms with Crippen molar-refractivity contribution in [2.75, 3.05) is 19.6 Å². The number of amides is 3. The van der Waals surface area contributed by atoms with Gasteiger partial charge in [0.1, 0.15) is 18.1 Å². The fourth-order valence-corrected chi connectivity index (χ4v) is 4.98. The van der Waals surface area contributed by atoms with Crippen molar-refractivity contribution >= 4 is 23.7 Å². The lowest BCUT2D eigenvalue weighted by molar-refractivity contribution is -0.150. The molecule has 35 heavy (non-hydrogen) atoms. The maximum atomic E-state index is 13.3.